The van der Waals surface area contributed by atoms with Crippen molar-refractivity contribution in [2.75, 3.05) is 0 Å². The van der Waals surface area contributed by atoms with Crippen LogP contribution in [-0.4, -0.2) is 10.9 Å². The summed E-state index contributed by atoms with van der Waals surface area (Å²) < 4.78 is 4.80. The number of hydrogen-bond acceptors (Lipinski definition) is 4. The fourth-order valence-corrected chi connectivity index (χ4v) is 1.29. The van der Waals surface area contributed by atoms with E-state index in [1.54, 1.807) is 19.1 Å². The summed E-state index contributed by atoms with van der Waals surface area (Å²) in [4.78, 5) is 21.3. The van der Waals surface area contributed by atoms with Crippen LogP contribution >= 0.6 is 0 Å². The summed E-state index contributed by atoms with van der Waals surface area (Å²) in [6, 6.07) is 4.62. The van der Waals surface area contributed by atoms with Crippen LogP contribution in [0.25, 0.3) is 0 Å². The van der Waals surface area contributed by atoms with Crippen molar-refractivity contribution < 1.29 is 14.5 Å². The molecule has 0 aromatic heterocycles. The second-order valence-corrected chi connectivity index (χ2v) is 3.00. The molecule has 0 spiro atoms. The van der Waals surface area contributed by atoms with Crippen LogP contribution in [-0.2, 0) is 11.2 Å². The first-order valence-electron chi connectivity index (χ1n) is 4.70. The van der Waals surface area contributed by atoms with Crippen molar-refractivity contribution in [3.63, 3.8) is 0 Å². The molecular weight excluding hydrogens is 210 g/mol. The molecule has 0 radical (unpaired) electrons. The van der Waals surface area contributed by atoms with Gasteiger partial charge in [-0.15, -0.1) is 0 Å². The average Bonchev–Trinajstić information content (AvgIpc) is 2.28. The highest BCUT2D eigenvalue weighted by atomic mass is 16.6. The van der Waals surface area contributed by atoms with Crippen LogP contribution in [0.5, 0.6) is 5.75 Å². The van der Waals surface area contributed by atoms with Gasteiger partial charge in [-0.2, -0.15) is 0 Å². The molecule has 0 fully saturated rings. The molecule has 0 amide bonds. The number of nitro benzene ring substituents is 1. The largest absolute Gasteiger partial charge is 0.416 e. The number of benzene rings is 1. The van der Waals surface area contributed by atoms with E-state index in [1.807, 2.05) is 0 Å². The van der Waals surface area contributed by atoms with Gasteiger partial charge in [0.15, 0.2) is 0 Å². The summed E-state index contributed by atoms with van der Waals surface area (Å²) in [5.74, 6) is -0.759. The third-order valence-corrected chi connectivity index (χ3v) is 2.02. The van der Waals surface area contributed by atoms with Crippen LogP contribution in [0.1, 0.15) is 12.5 Å². The van der Waals surface area contributed by atoms with Gasteiger partial charge in [-0.3, -0.25) is 10.1 Å². The molecule has 0 unspecified atom stereocenters. The SMILES string of the molecule is C=CC(=O)Oc1cccc(CC)c1[N+](=O)[O-]. The van der Waals surface area contributed by atoms with Crippen LogP contribution in [0.2, 0.25) is 0 Å². The second kappa shape index (κ2) is 5.06. The van der Waals surface area contributed by atoms with Crippen molar-refractivity contribution in [3.05, 3.63) is 46.5 Å². The molecule has 16 heavy (non-hydrogen) atoms. The van der Waals surface area contributed by atoms with Crippen LogP contribution < -0.4 is 4.74 Å². The van der Waals surface area contributed by atoms with Crippen molar-refractivity contribution in [2.45, 2.75) is 13.3 Å². The number of hydrogen-bond donors (Lipinski definition) is 0. The molecular formula is C11H11NO4. The van der Waals surface area contributed by atoms with E-state index in [4.69, 9.17) is 4.74 Å². The smallest absolute Gasteiger partial charge is 0.335 e. The number of carbonyl (C=O) groups is 1. The fraction of sp³-hybridized carbons (Fsp3) is 0.182. The highest BCUT2D eigenvalue weighted by molar-refractivity contribution is 5.84. The van der Waals surface area contributed by atoms with Crippen molar-refractivity contribution >= 4 is 11.7 Å². The maximum Gasteiger partial charge on any atom is 0.335 e. The van der Waals surface area contributed by atoms with Gasteiger partial charge in [-0.1, -0.05) is 25.6 Å². The first-order chi connectivity index (χ1) is 7.60. The van der Waals surface area contributed by atoms with Gasteiger partial charge in [0.1, 0.15) is 0 Å². The molecule has 0 heterocycles. The van der Waals surface area contributed by atoms with Gasteiger partial charge in [0, 0.05) is 11.6 Å². The van der Waals surface area contributed by atoms with Gasteiger partial charge in [-0.25, -0.2) is 4.79 Å². The van der Waals surface area contributed by atoms with E-state index in [0.717, 1.165) is 6.08 Å². The number of ether oxygens (including phenoxy) is 1. The lowest BCUT2D eigenvalue weighted by molar-refractivity contribution is -0.386. The molecule has 5 nitrogen and oxygen atoms in total. The lowest BCUT2D eigenvalue weighted by Crippen LogP contribution is -2.06. The lowest BCUT2D eigenvalue weighted by atomic mass is 10.1. The summed E-state index contributed by atoms with van der Waals surface area (Å²) in [5, 5.41) is 10.9. The first kappa shape index (κ1) is 11.9. The van der Waals surface area contributed by atoms with Gasteiger partial charge in [0.2, 0.25) is 5.75 Å². The molecule has 5 heteroatoms. The number of rotatable bonds is 4. The molecule has 1 rings (SSSR count). The third-order valence-electron chi connectivity index (χ3n) is 2.02. The standard InChI is InChI=1S/C11H11NO4/c1-3-8-6-5-7-9(11(8)12(14)15)16-10(13)4-2/h4-7H,2-3H2,1H3. The number of para-hydroxylation sites is 1. The number of esters is 1. The monoisotopic (exact) mass is 221 g/mol. The molecule has 0 saturated carbocycles. The highest BCUT2D eigenvalue weighted by Crippen LogP contribution is 2.31. The van der Waals surface area contributed by atoms with E-state index in [9.17, 15) is 14.9 Å². The molecule has 0 bridgehead atoms. The second-order valence-electron chi connectivity index (χ2n) is 3.00. The van der Waals surface area contributed by atoms with Crippen LogP contribution in [0, 0.1) is 10.1 Å². The maximum absolute atomic E-state index is 11.0. The highest BCUT2D eigenvalue weighted by Gasteiger charge is 2.20. The van der Waals surface area contributed by atoms with E-state index < -0.39 is 10.9 Å². The summed E-state index contributed by atoms with van der Waals surface area (Å²) in [5.41, 5.74) is 0.361. The quantitative estimate of drug-likeness (QED) is 0.257. The minimum atomic E-state index is -0.712. The molecule has 0 aliphatic heterocycles. The zero-order valence-electron chi connectivity index (χ0n) is 8.80. The number of nitrogens with zero attached hydrogens (tertiary/aromatic N) is 1. The Balaban J connectivity index is 3.21. The maximum atomic E-state index is 11.0. The molecule has 1 aromatic rings. The Kier molecular flexibility index (Phi) is 3.77. The summed E-state index contributed by atoms with van der Waals surface area (Å²) in [6.07, 6.45) is 1.46. The Morgan fingerprint density at radius 3 is 2.81 bits per heavy atom. The Labute approximate surface area is 92.5 Å². The first-order valence-corrected chi connectivity index (χ1v) is 4.70. The van der Waals surface area contributed by atoms with Gasteiger partial charge in [-0.05, 0) is 12.5 Å². The minimum Gasteiger partial charge on any atom is -0.416 e. The number of nitro groups is 1. The van der Waals surface area contributed by atoms with Crippen LogP contribution in [0.4, 0.5) is 5.69 Å². The molecule has 0 aliphatic carbocycles. The fourth-order valence-electron chi connectivity index (χ4n) is 1.29. The zero-order valence-corrected chi connectivity index (χ0v) is 8.80. The van der Waals surface area contributed by atoms with Crippen LogP contribution in [0.15, 0.2) is 30.9 Å². The molecule has 0 atom stereocenters. The molecule has 84 valence electrons. The molecule has 0 saturated heterocycles. The third kappa shape index (κ3) is 2.44. The average molecular weight is 221 g/mol. The van der Waals surface area contributed by atoms with E-state index in [2.05, 4.69) is 6.58 Å². The Morgan fingerprint density at radius 2 is 2.31 bits per heavy atom. The predicted octanol–water partition coefficient (Wildman–Crippen LogP) is 2.25. The van der Waals surface area contributed by atoms with E-state index in [1.165, 1.54) is 6.07 Å². The van der Waals surface area contributed by atoms with Crippen LogP contribution in [0.3, 0.4) is 0 Å². The van der Waals surface area contributed by atoms with Gasteiger partial charge < -0.3 is 4.74 Å². The number of aryl methyl sites for hydroxylation is 1. The van der Waals surface area contributed by atoms with Crippen molar-refractivity contribution in [2.24, 2.45) is 0 Å². The van der Waals surface area contributed by atoms with Gasteiger partial charge in [0.05, 0.1) is 4.92 Å². The predicted molar refractivity (Wildman–Crippen MR) is 58.3 cm³/mol. The van der Waals surface area contributed by atoms with E-state index >= 15 is 0 Å². The zero-order chi connectivity index (χ0) is 12.1. The van der Waals surface area contributed by atoms with Crippen molar-refractivity contribution in [1.29, 1.82) is 0 Å². The topological polar surface area (TPSA) is 69.4 Å². The van der Waals surface area contributed by atoms with Gasteiger partial charge >= 0.3 is 11.7 Å². The van der Waals surface area contributed by atoms with Crippen molar-refractivity contribution in [3.8, 4) is 5.75 Å². The Hall–Kier alpha value is -2.17. The summed E-state index contributed by atoms with van der Waals surface area (Å²) >= 11 is 0. The van der Waals surface area contributed by atoms with E-state index in [-0.39, 0.29) is 11.4 Å². The molecule has 0 aliphatic rings. The Bertz CT molecular complexity index is 440. The van der Waals surface area contributed by atoms with E-state index in [0.29, 0.717) is 12.0 Å². The summed E-state index contributed by atoms with van der Waals surface area (Å²) in [6.45, 7) is 5.02. The minimum absolute atomic E-state index is 0.0470. The Morgan fingerprint density at radius 1 is 1.62 bits per heavy atom. The lowest BCUT2D eigenvalue weighted by Gasteiger charge is -2.05. The molecule has 0 N–H and O–H groups in total. The van der Waals surface area contributed by atoms with Crippen molar-refractivity contribution in [1.82, 2.24) is 0 Å². The number of carbonyl (C=O) groups excluding carboxylic acids is 1. The van der Waals surface area contributed by atoms with Gasteiger partial charge in [0.25, 0.3) is 0 Å². The molecule has 1 aromatic carbocycles. The summed E-state index contributed by atoms with van der Waals surface area (Å²) in [7, 11) is 0. The normalized spacial score (nSPS) is 9.56.